The summed E-state index contributed by atoms with van der Waals surface area (Å²) in [7, 11) is 0. The molecular weight excluding hydrogens is 264 g/mol. The molecule has 0 aliphatic rings. The first kappa shape index (κ1) is 13.2. The highest BCUT2D eigenvalue weighted by molar-refractivity contribution is 5.97. The predicted octanol–water partition coefficient (Wildman–Crippen LogP) is 4.07. The predicted molar refractivity (Wildman–Crippen MR) is 81.8 cm³/mol. The molecule has 3 heteroatoms. The third-order valence-electron chi connectivity index (χ3n) is 3.37. The van der Waals surface area contributed by atoms with Crippen LogP contribution >= 0.6 is 0 Å². The lowest BCUT2D eigenvalue weighted by Crippen LogP contribution is -2.08. The molecule has 0 fully saturated rings. The molecule has 21 heavy (non-hydrogen) atoms. The molecule has 0 saturated carbocycles. The summed E-state index contributed by atoms with van der Waals surface area (Å²) in [6.07, 6.45) is 0. The Morgan fingerprint density at radius 3 is 2.43 bits per heavy atom. The van der Waals surface area contributed by atoms with E-state index in [2.05, 4.69) is 0 Å². The molecule has 1 N–H and O–H groups in total. The summed E-state index contributed by atoms with van der Waals surface area (Å²) in [5.41, 5.74) is 1.12. The fourth-order valence-electron chi connectivity index (χ4n) is 2.27. The zero-order valence-corrected chi connectivity index (χ0v) is 11.5. The number of benzene rings is 3. The molecule has 3 aromatic rings. The number of hydrogen-bond acceptors (Lipinski definition) is 3. The zero-order valence-electron chi connectivity index (χ0n) is 11.5. The molecule has 0 spiro atoms. The van der Waals surface area contributed by atoms with Crippen molar-refractivity contribution >= 4 is 16.7 Å². The summed E-state index contributed by atoms with van der Waals surface area (Å²) in [6, 6.07) is 18.1. The third kappa shape index (κ3) is 2.46. The summed E-state index contributed by atoms with van der Waals surface area (Å²) in [6.45, 7) is 1.78. The molecule has 0 aromatic heterocycles. The first-order valence-corrected chi connectivity index (χ1v) is 6.65. The van der Waals surface area contributed by atoms with Crippen molar-refractivity contribution in [2.75, 3.05) is 0 Å². The lowest BCUT2D eigenvalue weighted by molar-refractivity contribution is 0.0732. The van der Waals surface area contributed by atoms with Crippen molar-refractivity contribution in [3.05, 3.63) is 71.8 Å². The van der Waals surface area contributed by atoms with Gasteiger partial charge < -0.3 is 9.84 Å². The summed E-state index contributed by atoms with van der Waals surface area (Å²) in [4.78, 5) is 12.2. The van der Waals surface area contributed by atoms with Crippen LogP contribution in [0.1, 0.15) is 15.9 Å². The van der Waals surface area contributed by atoms with Crippen LogP contribution in [0, 0.1) is 6.92 Å². The fraction of sp³-hybridized carbons (Fsp3) is 0.0556. The summed E-state index contributed by atoms with van der Waals surface area (Å²) in [5, 5.41) is 11.8. The monoisotopic (exact) mass is 278 g/mol. The number of hydrogen-bond donors (Lipinski definition) is 1. The molecule has 104 valence electrons. The van der Waals surface area contributed by atoms with E-state index >= 15 is 0 Å². The Bertz CT molecular complexity index is 807. The van der Waals surface area contributed by atoms with E-state index in [1.54, 1.807) is 31.2 Å². The van der Waals surface area contributed by atoms with Crippen molar-refractivity contribution < 1.29 is 14.6 Å². The van der Waals surface area contributed by atoms with Crippen molar-refractivity contribution in [1.29, 1.82) is 0 Å². The van der Waals surface area contributed by atoms with Gasteiger partial charge in [0.15, 0.2) is 11.5 Å². The highest BCUT2D eigenvalue weighted by Gasteiger charge is 2.16. The SMILES string of the molecule is Cc1cc2ccccc2c(OC(=O)c2ccccc2)c1O. The summed E-state index contributed by atoms with van der Waals surface area (Å²) in [5.74, 6) is -0.279. The summed E-state index contributed by atoms with van der Waals surface area (Å²) < 4.78 is 5.44. The molecule has 0 heterocycles. The van der Waals surface area contributed by atoms with E-state index in [9.17, 15) is 9.90 Å². The molecule has 0 atom stereocenters. The Labute approximate surface area is 122 Å². The number of aromatic hydroxyl groups is 1. The lowest BCUT2D eigenvalue weighted by Gasteiger charge is -2.12. The molecule has 3 rings (SSSR count). The van der Waals surface area contributed by atoms with Crippen LogP contribution in [0.4, 0.5) is 0 Å². The molecule has 3 aromatic carbocycles. The number of carbonyl (C=O) groups is 1. The largest absolute Gasteiger partial charge is 0.504 e. The maximum absolute atomic E-state index is 12.2. The van der Waals surface area contributed by atoms with Gasteiger partial charge in [-0.2, -0.15) is 0 Å². The third-order valence-corrected chi connectivity index (χ3v) is 3.37. The number of fused-ring (bicyclic) bond motifs is 1. The van der Waals surface area contributed by atoms with E-state index in [1.807, 2.05) is 36.4 Å². The van der Waals surface area contributed by atoms with Crippen LogP contribution in [-0.2, 0) is 0 Å². The van der Waals surface area contributed by atoms with Gasteiger partial charge >= 0.3 is 5.97 Å². The first-order chi connectivity index (χ1) is 10.2. The fourth-order valence-corrected chi connectivity index (χ4v) is 2.27. The van der Waals surface area contributed by atoms with Gasteiger partial charge in [0.2, 0.25) is 0 Å². The topological polar surface area (TPSA) is 46.5 Å². The van der Waals surface area contributed by atoms with Crippen LogP contribution in [0.2, 0.25) is 0 Å². The van der Waals surface area contributed by atoms with Gasteiger partial charge in [0.05, 0.1) is 5.56 Å². The zero-order chi connectivity index (χ0) is 14.8. The quantitative estimate of drug-likeness (QED) is 0.567. The standard InChI is InChI=1S/C18H14O3/c1-12-11-14-9-5-6-10-15(14)17(16(12)19)21-18(20)13-7-3-2-4-8-13/h2-11,19H,1H3. The maximum atomic E-state index is 12.2. The van der Waals surface area contributed by atoms with Crippen molar-refractivity contribution in [3.8, 4) is 11.5 Å². The normalized spacial score (nSPS) is 10.5. The Balaban J connectivity index is 2.08. The van der Waals surface area contributed by atoms with Gasteiger partial charge in [-0.25, -0.2) is 4.79 Å². The number of ether oxygens (including phenoxy) is 1. The maximum Gasteiger partial charge on any atom is 0.343 e. The molecule has 0 amide bonds. The van der Waals surface area contributed by atoms with E-state index in [0.29, 0.717) is 16.5 Å². The van der Waals surface area contributed by atoms with Crippen LogP contribution in [0.3, 0.4) is 0 Å². The average molecular weight is 278 g/mol. The van der Waals surface area contributed by atoms with E-state index in [-0.39, 0.29) is 11.5 Å². The number of phenolic OH excluding ortho intramolecular Hbond substituents is 1. The Morgan fingerprint density at radius 2 is 1.67 bits per heavy atom. The number of rotatable bonds is 2. The van der Waals surface area contributed by atoms with Crippen LogP contribution in [0.15, 0.2) is 60.7 Å². The summed E-state index contributed by atoms with van der Waals surface area (Å²) >= 11 is 0. The second kappa shape index (κ2) is 5.29. The van der Waals surface area contributed by atoms with Gasteiger partial charge in [0.1, 0.15) is 0 Å². The molecule has 0 aliphatic carbocycles. The van der Waals surface area contributed by atoms with Crippen molar-refractivity contribution in [1.82, 2.24) is 0 Å². The minimum Gasteiger partial charge on any atom is -0.504 e. The number of esters is 1. The van der Waals surface area contributed by atoms with Gasteiger partial charge in [-0.1, -0.05) is 42.5 Å². The number of phenols is 1. The van der Waals surface area contributed by atoms with Gasteiger partial charge in [0, 0.05) is 5.39 Å². The van der Waals surface area contributed by atoms with E-state index in [4.69, 9.17) is 4.74 Å². The Kier molecular flexibility index (Phi) is 3.32. The minimum atomic E-state index is -0.485. The number of aryl methyl sites for hydroxylation is 1. The van der Waals surface area contributed by atoms with Gasteiger partial charge in [-0.05, 0) is 36.1 Å². The second-order valence-corrected chi connectivity index (χ2v) is 4.85. The highest BCUT2D eigenvalue weighted by atomic mass is 16.5. The van der Waals surface area contributed by atoms with Crippen molar-refractivity contribution in [3.63, 3.8) is 0 Å². The van der Waals surface area contributed by atoms with Crippen LogP contribution < -0.4 is 4.74 Å². The van der Waals surface area contributed by atoms with E-state index in [0.717, 1.165) is 5.39 Å². The molecule has 3 nitrogen and oxygen atoms in total. The van der Waals surface area contributed by atoms with Gasteiger partial charge in [-0.15, -0.1) is 0 Å². The van der Waals surface area contributed by atoms with E-state index < -0.39 is 5.97 Å². The van der Waals surface area contributed by atoms with Crippen LogP contribution in [0.5, 0.6) is 11.5 Å². The minimum absolute atomic E-state index is 0.00187. The highest BCUT2D eigenvalue weighted by Crippen LogP contribution is 2.38. The Morgan fingerprint density at radius 1 is 1.00 bits per heavy atom. The molecular formula is C18H14O3. The van der Waals surface area contributed by atoms with Gasteiger partial charge in [-0.3, -0.25) is 0 Å². The molecule has 0 unspecified atom stereocenters. The van der Waals surface area contributed by atoms with E-state index in [1.165, 1.54) is 0 Å². The molecule has 0 saturated heterocycles. The first-order valence-electron chi connectivity index (χ1n) is 6.65. The lowest BCUT2D eigenvalue weighted by atomic mass is 10.1. The average Bonchev–Trinajstić information content (AvgIpc) is 2.52. The van der Waals surface area contributed by atoms with Crippen LogP contribution in [0.25, 0.3) is 10.8 Å². The smallest absolute Gasteiger partial charge is 0.343 e. The van der Waals surface area contributed by atoms with Gasteiger partial charge in [0.25, 0.3) is 0 Å². The van der Waals surface area contributed by atoms with Crippen molar-refractivity contribution in [2.24, 2.45) is 0 Å². The Hall–Kier alpha value is -2.81. The van der Waals surface area contributed by atoms with Crippen molar-refractivity contribution in [2.45, 2.75) is 6.92 Å². The molecule has 0 radical (unpaired) electrons. The van der Waals surface area contributed by atoms with Crippen LogP contribution in [-0.4, -0.2) is 11.1 Å². The molecule has 0 aliphatic heterocycles. The molecule has 0 bridgehead atoms. The number of carbonyl (C=O) groups excluding carboxylic acids is 1. The second-order valence-electron chi connectivity index (χ2n) is 4.85.